The molecule has 0 saturated heterocycles. The van der Waals surface area contributed by atoms with Crippen molar-refractivity contribution in [3.8, 4) is 0 Å². The minimum absolute atomic E-state index is 0.00512. The van der Waals surface area contributed by atoms with Gasteiger partial charge in [0.15, 0.2) is 0 Å². The van der Waals surface area contributed by atoms with Crippen molar-refractivity contribution < 1.29 is 9.59 Å². The minimum Gasteiger partial charge on any atom is -0.338 e. The molecule has 4 nitrogen and oxygen atoms in total. The Morgan fingerprint density at radius 2 is 1.81 bits per heavy atom. The van der Waals surface area contributed by atoms with Crippen LogP contribution in [0.5, 0.6) is 0 Å². The lowest BCUT2D eigenvalue weighted by Crippen LogP contribution is -2.38. The van der Waals surface area contributed by atoms with Crippen LogP contribution in [0.4, 0.5) is 5.69 Å². The van der Waals surface area contributed by atoms with Gasteiger partial charge >= 0.3 is 0 Å². The van der Waals surface area contributed by atoms with Gasteiger partial charge in [-0.25, -0.2) is 0 Å². The molecule has 0 bridgehead atoms. The van der Waals surface area contributed by atoms with E-state index in [4.69, 9.17) is 0 Å². The van der Waals surface area contributed by atoms with Gasteiger partial charge in [0, 0.05) is 30.3 Å². The second-order valence-electron chi connectivity index (χ2n) is 7.15. The first-order valence-corrected chi connectivity index (χ1v) is 9.28. The summed E-state index contributed by atoms with van der Waals surface area (Å²) in [6.07, 6.45) is 1.82. The molecule has 0 unspecified atom stereocenters. The van der Waals surface area contributed by atoms with Gasteiger partial charge in [0.25, 0.3) is 5.91 Å². The fourth-order valence-electron chi connectivity index (χ4n) is 3.28. The molecule has 1 aliphatic heterocycles. The third kappa shape index (κ3) is 3.96. The van der Waals surface area contributed by atoms with E-state index in [-0.39, 0.29) is 17.7 Å². The lowest BCUT2D eigenvalue weighted by atomic mass is 9.98. The van der Waals surface area contributed by atoms with Crippen LogP contribution in [-0.4, -0.2) is 23.3 Å². The highest BCUT2D eigenvalue weighted by Crippen LogP contribution is 2.24. The van der Waals surface area contributed by atoms with E-state index in [1.165, 1.54) is 11.1 Å². The number of aryl methyl sites for hydroxylation is 1. The Bertz CT molecular complexity index is 809. The molecule has 0 radical (unpaired) electrons. The van der Waals surface area contributed by atoms with Crippen LogP contribution in [0.1, 0.15) is 47.8 Å². The summed E-state index contributed by atoms with van der Waals surface area (Å²) in [7, 11) is 0. The van der Waals surface area contributed by atoms with E-state index in [1.54, 1.807) is 0 Å². The quantitative estimate of drug-likeness (QED) is 0.905. The maximum absolute atomic E-state index is 12.5. The molecule has 0 fully saturated rings. The number of carbonyl (C=O) groups is 2. The number of fused-ring (bicyclic) bond motifs is 1. The molecule has 1 aliphatic rings. The van der Waals surface area contributed by atoms with Gasteiger partial charge in [-0.05, 0) is 53.8 Å². The van der Waals surface area contributed by atoms with Gasteiger partial charge in [-0.2, -0.15) is 0 Å². The maximum atomic E-state index is 12.5. The molecule has 0 spiro atoms. The summed E-state index contributed by atoms with van der Waals surface area (Å²) >= 11 is 0. The molecule has 2 aromatic rings. The summed E-state index contributed by atoms with van der Waals surface area (Å²) in [5.41, 5.74) is 5.00. The summed E-state index contributed by atoms with van der Waals surface area (Å²) in [6, 6.07) is 13.7. The highest BCUT2D eigenvalue weighted by molar-refractivity contribution is 6.04. The van der Waals surface area contributed by atoms with Crippen LogP contribution >= 0.6 is 0 Å². The Hall–Kier alpha value is -2.62. The average Bonchev–Trinajstić information content (AvgIpc) is 2.66. The van der Waals surface area contributed by atoms with Crippen LogP contribution in [0.2, 0.25) is 0 Å². The SMILES string of the molecule is CCc1ccc(C(=O)Nc2ccc3c(c2)CN(C(=O)C(C)C)CC3)cc1. The van der Waals surface area contributed by atoms with Gasteiger partial charge < -0.3 is 10.2 Å². The van der Waals surface area contributed by atoms with Crippen molar-refractivity contribution in [3.05, 3.63) is 64.7 Å². The highest BCUT2D eigenvalue weighted by atomic mass is 16.2. The van der Waals surface area contributed by atoms with Crippen LogP contribution in [0.3, 0.4) is 0 Å². The van der Waals surface area contributed by atoms with Crippen molar-refractivity contribution in [1.82, 2.24) is 4.90 Å². The number of amides is 2. The number of rotatable bonds is 4. The van der Waals surface area contributed by atoms with E-state index in [2.05, 4.69) is 18.3 Å². The Morgan fingerprint density at radius 3 is 2.46 bits per heavy atom. The van der Waals surface area contributed by atoms with Crippen LogP contribution in [0.15, 0.2) is 42.5 Å². The highest BCUT2D eigenvalue weighted by Gasteiger charge is 2.22. The number of carbonyl (C=O) groups excluding carboxylic acids is 2. The first kappa shape index (κ1) is 18.2. The zero-order chi connectivity index (χ0) is 18.7. The summed E-state index contributed by atoms with van der Waals surface area (Å²) in [4.78, 5) is 26.6. The van der Waals surface area contributed by atoms with E-state index in [1.807, 2.05) is 55.1 Å². The van der Waals surface area contributed by atoms with Crippen molar-refractivity contribution in [2.45, 2.75) is 40.2 Å². The molecule has 0 aliphatic carbocycles. The predicted octanol–water partition coefficient (Wildman–Crippen LogP) is 4.04. The van der Waals surface area contributed by atoms with Crippen LogP contribution in [0, 0.1) is 5.92 Å². The number of benzene rings is 2. The summed E-state index contributed by atoms with van der Waals surface area (Å²) in [6.45, 7) is 7.33. The largest absolute Gasteiger partial charge is 0.338 e. The molecular formula is C22H26N2O2. The smallest absolute Gasteiger partial charge is 0.255 e. The summed E-state index contributed by atoms with van der Waals surface area (Å²) < 4.78 is 0. The molecule has 0 aromatic heterocycles. The number of hydrogen-bond donors (Lipinski definition) is 1. The number of hydrogen-bond acceptors (Lipinski definition) is 2. The molecule has 2 amide bonds. The Morgan fingerprint density at radius 1 is 1.08 bits per heavy atom. The van der Waals surface area contributed by atoms with Crippen molar-refractivity contribution in [3.63, 3.8) is 0 Å². The maximum Gasteiger partial charge on any atom is 0.255 e. The molecule has 1 N–H and O–H groups in total. The van der Waals surface area contributed by atoms with E-state index in [0.29, 0.717) is 12.1 Å². The molecule has 0 atom stereocenters. The first-order valence-electron chi connectivity index (χ1n) is 9.28. The molecule has 0 saturated carbocycles. The van der Waals surface area contributed by atoms with Gasteiger partial charge in [-0.3, -0.25) is 9.59 Å². The van der Waals surface area contributed by atoms with Gasteiger partial charge in [-0.1, -0.05) is 39.0 Å². The van der Waals surface area contributed by atoms with Crippen molar-refractivity contribution in [2.75, 3.05) is 11.9 Å². The van der Waals surface area contributed by atoms with E-state index < -0.39 is 0 Å². The van der Waals surface area contributed by atoms with Gasteiger partial charge in [0.2, 0.25) is 5.91 Å². The zero-order valence-electron chi connectivity index (χ0n) is 15.7. The van der Waals surface area contributed by atoms with E-state index in [9.17, 15) is 9.59 Å². The molecular weight excluding hydrogens is 324 g/mol. The lowest BCUT2D eigenvalue weighted by Gasteiger charge is -2.30. The van der Waals surface area contributed by atoms with Crippen molar-refractivity contribution in [2.24, 2.45) is 5.92 Å². The fraction of sp³-hybridized carbons (Fsp3) is 0.364. The van der Waals surface area contributed by atoms with Crippen LogP contribution in [0.25, 0.3) is 0 Å². The third-order valence-corrected chi connectivity index (χ3v) is 4.91. The van der Waals surface area contributed by atoms with Crippen LogP contribution < -0.4 is 5.32 Å². The second-order valence-corrected chi connectivity index (χ2v) is 7.15. The molecule has 136 valence electrons. The number of nitrogens with one attached hydrogen (secondary N) is 1. The Kier molecular flexibility index (Phi) is 5.40. The molecule has 3 rings (SSSR count). The van der Waals surface area contributed by atoms with Gasteiger partial charge in [0.05, 0.1) is 0 Å². The average molecular weight is 350 g/mol. The van der Waals surface area contributed by atoms with Crippen LogP contribution in [-0.2, 0) is 24.2 Å². The predicted molar refractivity (Wildman–Crippen MR) is 104 cm³/mol. The topological polar surface area (TPSA) is 49.4 Å². The Labute approximate surface area is 155 Å². The second kappa shape index (κ2) is 7.73. The van der Waals surface area contributed by atoms with Gasteiger partial charge in [0.1, 0.15) is 0 Å². The monoisotopic (exact) mass is 350 g/mol. The van der Waals surface area contributed by atoms with Crippen molar-refractivity contribution >= 4 is 17.5 Å². The summed E-state index contributed by atoms with van der Waals surface area (Å²) in [5.74, 6) is 0.0742. The Balaban J connectivity index is 1.73. The molecule has 2 aromatic carbocycles. The number of anilines is 1. The number of nitrogens with zero attached hydrogens (tertiary/aromatic N) is 1. The normalized spacial score (nSPS) is 13.5. The first-order chi connectivity index (χ1) is 12.5. The lowest BCUT2D eigenvalue weighted by molar-refractivity contribution is -0.135. The standard InChI is InChI=1S/C22H26N2O2/c1-4-16-5-7-18(8-6-16)21(25)23-20-10-9-17-11-12-24(14-19(17)13-20)22(26)15(2)3/h5-10,13,15H,4,11-12,14H2,1-3H3,(H,23,25). The molecule has 1 heterocycles. The third-order valence-electron chi connectivity index (χ3n) is 4.91. The molecule has 26 heavy (non-hydrogen) atoms. The molecule has 4 heteroatoms. The fourth-order valence-corrected chi connectivity index (χ4v) is 3.28. The summed E-state index contributed by atoms with van der Waals surface area (Å²) in [5, 5.41) is 2.97. The van der Waals surface area contributed by atoms with E-state index >= 15 is 0 Å². The van der Waals surface area contributed by atoms with Crippen molar-refractivity contribution in [1.29, 1.82) is 0 Å². The van der Waals surface area contributed by atoms with Gasteiger partial charge in [-0.15, -0.1) is 0 Å². The zero-order valence-corrected chi connectivity index (χ0v) is 15.7. The minimum atomic E-state index is -0.112. The van der Waals surface area contributed by atoms with E-state index in [0.717, 1.165) is 30.6 Å².